The molecule has 3 heteroatoms. The zero-order valence-electron chi connectivity index (χ0n) is 9.36. The van der Waals surface area contributed by atoms with Crippen molar-refractivity contribution in [1.82, 2.24) is 0 Å². The molecular formula is C12H18O2S. The van der Waals surface area contributed by atoms with E-state index in [9.17, 15) is 4.21 Å². The lowest BCUT2D eigenvalue weighted by Crippen LogP contribution is -2.02. The van der Waals surface area contributed by atoms with E-state index in [-0.39, 0.29) is 0 Å². The third kappa shape index (κ3) is 3.76. The van der Waals surface area contributed by atoms with Crippen LogP contribution in [0.5, 0.6) is 0 Å². The van der Waals surface area contributed by atoms with Gasteiger partial charge in [0.25, 0.3) is 0 Å². The summed E-state index contributed by atoms with van der Waals surface area (Å²) < 4.78 is 17.0. The molecule has 1 aromatic carbocycles. The fourth-order valence-corrected chi connectivity index (χ4v) is 2.81. The molecule has 0 aliphatic heterocycles. The van der Waals surface area contributed by atoms with Crippen molar-refractivity contribution in [2.45, 2.75) is 31.3 Å². The topological polar surface area (TPSA) is 26.3 Å². The maximum atomic E-state index is 12.0. The Morgan fingerprint density at radius 1 is 1.33 bits per heavy atom. The van der Waals surface area contributed by atoms with Gasteiger partial charge in [0.2, 0.25) is 0 Å². The van der Waals surface area contributed by atoms with Crippen LogP contribution in [0.3, 0.4) is 0 Å². The Hall–Kier alpha value is -0.670. The number of rotatable bonds is 6. The Morgan fingerprint density at radius 2 is 2.07 bits per heavy atom. The van der Waals surface area contributed by atoms with E-state index in [1.165, 1.54) is 0 Å². The minimum absolute atomic E-state index is 0.536. The van der Waals surface area contributed by atoms with Gasteiger partial charge in [-0.2, -0.15) is 0 Å². The predicted octanol–water partition coefficient (Wildman–Crippen LogP) is 2.74. The molecule has 0 fully saturated rings. The molecule has 2 nitrogen and oxygen atoms in total. The first kappa shape index (κ1) is 12.4. The molecule has 0 N–H and O–H groups in total. The Bertz CT molecular complexity index is 323. The second-order valence-corrected chi connectivity index (χ2v) is 4.98. The summed E-state index contributed by atoms with van der Waals surface area (Å²) in [6.07, 6.45) is 2.09. The Kier molecular flexibility index (Phi) is 5.58. The molecular weight excluding hydrogens is 208 g/mol. The number of hydrogen-bond acceptors (Lipinski definition) is 2. The molecule has 84 valence electrons. The van der Waals surface area contributed by atoms with E-state index in [0.29, 0.717) is 6.61 Å². The van der Waals surface area contributed by atoms with Crippen LogP contribution >= 0.6 is 0 Å². The van der Waals surface area contributed by atoms with Crippen molar-refractivity contribution >= 4 is 10.8 Å². The maximum absolute atomic E-state index is 12.0. The number of unbranched alkanes of at least 4 members (excludes halogenated alkanes) is 1. The average Bonchev–Trinajstić information content (AvgIpc) is 2.27. The summed E-state index contributed by atoms with van der Waals surface area (Å²) in [6, 6.07) is 7.79. The number of hydrogen-bond donors (Lipinski definition) is 0. The molecule has 0 spiro atoms. The van der Waals surface area contributed by atoms with Gasteiger partial charge in [-0.15, -0.1) is 0 Å². The van der Waals surface area contributed by atoms with E-state index in [4.69, 9.17) is 4.74 Å². The van der Waals surface area contributed by atoms with Gasteiger partial charge < -0.3 is 4.74 Å². The third-order valence-electron chi connectivity index (χ3n) is 2.20. The molecule has 0 saturated heterocycles. The van der Waals surface area contributed by atoms with Crippen molar-refractivity contribution in [3.05, 3.63) is 29.8 Å². The molecule has 1 rings (SSSR count). The maximum Gasteiger partial charge on any atom is 0.0724 e. The summed E-state index contributed by atoms with van der Waals surface area (Å²) in [6.45, 7) is 2.65. The highest BCUT2D eigenvalue weighted by Gasteiger charge is 2.08. The van der Waals surface area contributed by atoms with Gasteiger partial charge in [-0.3, -0.25) is 4.21 Å². The van der Waals surface area contributed by atoms with Crippen LogP contribution in [-0.2, 0) is 22.1 Å². The van der Waals surface area contributed by atoms with Crippen molar-refractivity contribution < 1.29 is 8.95 Å². The first-order valence-electron chi connectivity index (χ1n) is 5.24. The van der Waals surface area contributed by atoms with Gasteiger partial charge in [0.1, 0.15) is 0 Å². The summed E-state index contributed by atoms with van der Waals surface area (Å²) in [5, 5.41) is 0. The number of methoxy groups -OCH3 is 1. The summed E-state index contributed by atoms with van der Waals surface area (Å²) in [5.41, 5.74) is 1.04. The van der Waals surface area contributed by atoms with Crippen molar-refractivity contribution in [3.63, 3.8) is 0 Å². The quantitative estimate of drug-likeness (QED) is 0.745. The monoisotopic (exact) mass is 226 g/mol. The van der Waals surface area contributed by atoms with Gasteiger partial charge in [-0.1, -0.05) is 31.5 Å². The highest BCUT2D eigenvalue weighted by molar-refractivity contribution is 7.85. The van der Waals surface area contributed by atoms with Crippen LogP contribution in [-0.4, -0.2) is 17.1 Å². The first-order valence-corrected chi connectivity index (χ1v) is 6.56. The zero-order valence-corrected chi connectivity index (χ0v) is 10.2. The smallest absolute Gasteiger partial charge is 0.0724 e. The van der Waals surface area contributed by atoms with Crippen molar-refractivity contribution in [2.24, 2.45) is 0 Å². The predicted molar refractivity (Wildman–Crippen MR) is 63.3 cm³/mol. The molecule has 0 amide bonds. The van der Waals surface area contributed by atoms with Gasteiger partial charge in [0.15, 0.2) is 0 Å². The molecule has 0 heterocycles. The fraction of sp³-hybridized carbons (Fsp3) is 0.500. The second-order valence-electron chi connectivity index (χ2n) is 3.44. The first-order chi connectivity index (χ1) is 7.29. The third-order valence-corrected chi connectivity index (χ3v) is 3.75. The van der Waals surface area contributed by atoms with Crippen LogP contribution in [0.25, 0.3) is 0 Å². The molecule has 1 atom stereocenters. The van der Waals surface area contributed by atoms with E-state index in [1.54, 1.807) is 7.11 Å². The number of ether oxygens (including phenoxy) is 1. The van der Waals surface area contributed by atoms with Crippen LogP contribution < -0.4 is 0 Å². The minimum Gasteiger partial charge on any atom is -0.380 e. The van der Waals surface area contributed by atoms with Crippen molar-refractivity contribution in [1.29, 1.82) is 0 Å². The van der Waals surface area contributed by atoms with Crippen LogP contribution in [0.1, 0.15) is 25.3 Å². The largest absolute Gasteiger partial charge is 0.380 e. The molecule has 15 heavy (non-hydrogen) atoms. The highest BCUT2D eigenvalue weighted by atomic mass is 32.2. The van der Waals surface area contributed by atoms with E-state index >= 15 is 0 Å². The summed E-state index contributed by atoms with van der Waals surface area (Å²) >= 11 is 0. The molecule has 0 aliphatic carbocycles. The molecule has 1 unspecified atom stereocenters. The van der Waals surface area contributed by atoms with E-state index in [1.807, 2.05) is 24.3 Å². The SMILES string of the molecule is CCCCS(=O)c1ccccc1COC. The van der Waals surface area contributed by atoms with Gasteiger partial charge in [0.05, 0.1) is 17.4 Å². The van der Waals surface area contributed by atoms with Crippen molar-refractivity contribution in [3.8, 4) is 0 Å². The summed E-state index contributed by atoms with van der Waals surface area (Å²) in [5.74, 6) is 0.747. The molecule has 1 aromatic rings. The normalized spacial score (nSPS) is 12.7. The Labute approximate surface area is 94.1 Å². The fourth-order valence-electron chi connectivity index (χ4n) is 1.39. The van der Waals surface area contributed by atoms with Crippen LogP contribution in [0.2, 0.25) is 0 Å². The van der Waals surface area contributed by atoms with Gasteiger partial charge in [-0.05, 0) is 18.1 Å². The second kappa shape index (κ2) is 6.75. The van der Waals surface area contributed by atoms with Crippen LogP contribution in [0.15, 0.2) is 29.2 Å². The summed E-state index contributed by atoms with van der Waals surface area (Å²) in [4.78, 5) is 0.924. The van der Waals surface area contributed by atoms with Gasteiger partial charge in [0, 0.05) is 17.8 Å². The zero-order chi connectivity index (χ0) is 11.1. The number of benzene rings is 1. The van der Waals surface area contributed by atoms with Crippen molar-refractivity contribution in [2.75, 3.05) is 12.9 Å². The Morgan fingerprint density at radius 3 is 2.73 bits per heavy atom. The van der Waals surface area contributed by atoms with E-state index in [2.05, 4.69) is 6.92 Å². The van der Waals surface area contributed by atoms with Crippen LogP contribution in [0, 0.1) is 0 Å². The van der Waals surface area contributed by atoms with Gasteiger partial charge in [-0.25, -0.2) is 0 Å². The molecule has 0 saturated carbocycles. The lowest BCUT2D eigenvalue weighted by molar-refractivity contribution is 0.183. The van der Waals surface area contributed by atoms with E-state index < -0.39 is 10.8 Å². The summed E-state index contributed by atoms with van der Waals surface area (Å²) in [7, 11) is 0.782. The molecule has 0 aliphatic rings. The van der Waals surface area contributed by atoms with E-state index in [0.717, 1.165) is 29.1 Å². The highest BCUT2D eigenvalue weighted by Crippen LogP contribution is 2.15. The lowest BCUT2D eigenvalue weighted by atomic mass is 10.2. The molecule has 0 aromatic heterocycles. The molecule has 0 bridgehead atoms. The standard InChI is InChI=1S/C12H18O2S/c1-3-4-9-15(13)12-8-6-5-7-11(12)10-14-2/h5-8H,3-4,9-10H2,1-2H3. The lowest BCUT2D eigenvalue weighted by Gasteiger charge is -2.07. The van der Waals surface area contributed by atoms with Crippen LogP contribution in [0.4, 0.5) is 0 Å². The minimum atomic E-state index is -0.876. The Balaban J connectivity index is 2.77. The average molecular weight is 226 g/mol. The van der Waals surface area contributed by atoms with Gasteiger partial charge >= 0.3 is 0 Å². The molecule has 0 radical (unpaired) electrons.